The van der Waals surface area contributed by atoms with E-state index in [9.17, 15) is 4.79 Å². The third-order valence-electron chi connectivity index (χ3n) is 5.72. The summed E-state index contributed by atoms with van der Waals surface area (Å²) in [7, 11) is 1.66. The molecule has 3 aromatic rings. The SMILES string of the molecule is CC1=CCCC=C1.COc1cccc(-n2c(CCCCC(N)=O)nnc2SCc2cccc(C)c2)c1. The van der Waals surface area contributed by atoms with Gasteiger partial charge < -0.3 is 10.5 Å². The summed E-state index contributed by atoms with van der Waals surface area (Å²) in [6.45, 7) is 4.23. The largest absolute Gasteiger partial charge is 0.497 e. The van der Waals surface area contributed by atoms with Gasteiger partial charge in [-0.05, 0) is 57.2 Å². The average Bonchev–Trinajstić information content (AvgIpc) is 3.29. The number of benzene rings is 2. The predicted molar refractivity (Wildman–Crippen MR) is 148 cm³/mol. The summed E-state index contributed by atoms with van der Waals surface area (Å²) in [5.74, 6) is 2.19. The average molecular weight is 505 g/mol. The fraction of sp³-hybridized carbons (Fsp3) is 0.345. The van der Waals surface area contributed by atoms with Crippen molar-refractivity contribution in [1.82, 2.24) is 14.8 Å². The lowest BCUT2D eigenvalue weighted by atomic mass is 10.1. The molecule has 7 heteroatoms. The minimum atomic E-state index is -0.270. The summed E-state index contributed by atoms with van der Waals surface area (Å²) < 4.78 is 7.46. The number of nitrogens with two attached hydrogens (primary N) is 1. The van der Waals surface area contributed by atoms with E-state index in [2.05, 4.69) is 71.1 Å². The monoisotopic (exact) mass is 504 g/mol. The van der Waals surface area contributed by atoms with Crippen LogP contribution in [0.4, 0.5) is 0 Å². The van der Waals surface area contributed by atoms with Crippen molar-refractivity contribution in [1.29, 1.82) is 0 Å². The first-order chi connectivity index (χ1) is 17.5. The van der Waals surface area contributed by atoms with Gasteiger partial charge in [0.25, 0.3) is 0 Å². The van der Waals surface area contributed by atoms with Crippen LogP contribution in [0, 0.1) is 6.92 Å². The molecule has 0 fully saturated rings. The summed E-state index contributed by atoms with van der Waals surface area (Å²) in [5, 5.41) is 9.71. The second-order valence-electron chi connectivity index (χ2n) is 8.81. The quantitative estimate of drug-likeness (QED) is 0.257. The Morgan fingerprint density at radius 2 is 1.92 bits per heavy atom. The smallest absolute Gasteiger partial charge is 0.217 e. The van der Waals surface area contributed by atoms with Gasteiger partial charge in [-0.15, -0.1) is 10.2 Å². The van der Waals surface area contributed by atoms with Crippen molar-refractivity contribution >= 4 is 17.7 Å². The molecule has 1 aromatic heterocycles. The molecule has 0 spiro atoms. The molecule has 190 valence electrons. The summed E-state index contributed by atoms with van der Waals surface area (Å²) in [5.41, 5.74) is 10.1. The van der Waals surface area contributed by atoms with Crippen molar-refractivity contribution in [2.45, 2.75) is 63.3 Å². The molecule has 0 saturated carbocycles. The fourth-order valence-corrected chi connectivity index (χ4v) is 4.76. The molecule has 2 aromatic carbocycles. The lowest BCUT2D eigenvalue weighted by Crippen LogP contribution is -2.10. The number of thioether (sulfide) groups is 1. The van der Waals surface area contributed by atoms with Gasteiger partial charge in [-0.1, -0.05) is 71.5 Å². The fourth-order valence-electron chi connectivity index (χ4n) is 3.84. The first-order valence-electron chi connectivity index (χ1n) is 12.3. The van der Waals surface area contributed by atoms with Gasteiger partial charge in [0.05, 0.1) is 12.8 Å². The Morgan fingerprint density at radius 3 is 2.58 bits per heavy atom. The van der Waals surface area contributed by atoms with Crippen molar-refractivity contribution in [2.75, 3.05) is 7.11 Å². The van der Waals surface area contributed by atoms with E-state index in [0.29, 0.717) is 6.42 Å². The van der Waals surface area contributed by atoms with Crippen molar-refractivity contribution in [3.05, 3.63) is 89.3 Å². The van der Waals surface area contributed by atoms with Crippen LogP contribution in [0.2, 0.25) is 0 Å². The Kier molecular flexibility index (Phi) is 10.8. The number of carbonyl (C=O) groups is 1. The number of nitrogens with zero attached hydrogens (tertiary/aromatic N) is 3. The predicted octanol–water partition coefficient (Wildman–Crippen LogP) is 6.36. The van der Waals surface area contributed by atoms with Gasteiger partial charge in [0, 0.05) is 24.7 Å². The molecule has 0 bridgehead atoms. The standard InChI is InChI=1S/C22H26N4O2S.C7H10/c1-16-7-5-8-17(13-16)15-29-22-25-24-21(12-4-3-11-20(23)27)26(22)18-9-6-10-19(14-18)28-2;1-7-5-3-2-4-6-7/h5-10,13-14H,3-4,11-12,15H2,1-2H3,(H2,23,27);3,5-6H,2,4H2,1H3. The molecule has 2 N–H and O–H groups in total. The Labute approximate surface area is 218 Å². The van der Waals surface area contributed by atoms with Crippen LogP contribution in [0.5, 0.6) is 5.75 Å². The highest BCUT2D eigenvalue weighted by molar-refractivity contribution is 7.98. The van der Waals surface area contributed by atoms with E-state index < -0.39 is 0 Å². The zero-order chi connectivity index (χ0) is 25.8. The minimum Gasteiger partial charge on any atom is -0.497 e. The molecule has 0 aliphatic heterocycles. The minimum absolute atomic E-state index is 0.270. The number of aryl methyl sites for hydroxylation is 2. The van der Waals surface area contributed by atoms with Crippen molar-refractivity contribution in [3.63, 3.8) is 0 Å². The number of ether oxygens (including phenoxy) is 1. The van der Waals surface area contributed by atoms with Crippen LogP contribution in [0.1, 0.15) is 56.0 Å². The molecular formula is C29H36N4O2S. The molecule has 0 saturated heterocycles. The number of methoxy groups -OCH3 is 1. The highest BCUT2D eigenvalue weighted by Crippen LogP contribution is 2.28. The van der Waals surface area contributed by atoms with Gasteiger partial charge in [0.15, 0.2) is 5.16 Å². The molecule has 36 heavy (non-hydrogen) atoms. The molecule has 4 rings (SSSR count). The van der Waals surface area contributed by atoms with Gasteiger partial charge in [0.1, 0.15) is 11.6 Å². The first-order valence-corrected chi connectivity index (χ1v) is 13.3. The van der Waals surface area contributed by atoms with Crippen molar-refractivity contribution in [2.24, 2.45) is 5.73 Å². The van der Waals surface area contributed by atoms with Crippen LogP contribution < -0.4 is 10.5 Å². The van der Waals surface area contributed by atoms with Crippen LogP contribution in [0.15, 0.2) is 77.5 Å². The van der Waals surface area contributed by atoms with Crippen LogP contribution >= 0.6 is 11.8 Å². The summed E-state index contributed by atoms with van der Waals surface area (Å²) in [6, 6.07) is 16.3. The van der Waals surface area contributed by atoms with E-state index in [4.69, 9.17) is 10.5 Å². The number of rotatable bonds is 10. The molecule has 0 radical (unpaired) electrons. The number of aromatic nitrogens is 3. The maximum absolute atomic E-state index is 11.0. The van der Waals surface area contributed by atoms with E-state index in [-0.39, 0.29) is 5.91 Å². The Bertz CT molecular complexity index is 1200. The molecular weight excluding hydrogens is 468 g/mol. The van der Waals surface area contributed by atoms with E-state index in [1.165, 1.54) is 29.5 Å². The molecule has 0 atom stereocenters. The molecule has 6 nitrogen and oxygen atoms in total. The van der Waals surface area contributed by atoms with Crippen LogP contribution in [-0.4, -0.2) is 27.8 Å². The van der Waals surface area contributed by atoms with Gasteiger partial charge in [0.2, 0.25) is 5.91 Å². The normalized spacial score (nSPS) is 12.5. The third-order valence-corrected chi connectivity index (χ3v) is 6.72. The van der Waals surface area contributed by atoms with Crippen molar-refractivity contribution in [3.8, 4) is 11.4 Å². The van der Waals surface area contributed by atoms with E-state index in [1.54, 1.807) is 18.9 Å². The number of hydrogen-bond acceptors (Lipinski definition) is 5. The number of carbonyl (C=O) groups excluding carboxylic acids is 1. The van der Waals surface area contributed by atoms with Gasteiger partial charge in [-0.3, -0.25) is 9.36 Å². The van der Waals surface area contributed by atoms with E-state index in [0.717, 1.165) is 47.4 Å². The number of amides is 1. The second kappa shape index (κ2) is 14.3. The number of hydrogen-bond donors (Lipinski definition) is 1. The number of primary amides is 1. The van der Waals surface area contributed by atoms with Gasteiger partial charge in [-0.25, -0.2) is 0 Å². The first kappa shape index (κ1) is 27.3. The highest BCUT2D eigenvalue weighted by Gasteiger charge is 2.15. The summed E-state index contributed by atoms with van der Waals surface area (Å²) in [6.07, 6.45) is 11.8. The maximum Gasteiger partial charge on any atom is 0.217 e. The van der Waals surface area contributed by atoms with E-state index >= 15 is 0 Å². The number of unbranched alkanes of at least 4 members (excludes halogenated alkanes) is 1. The third kappa shape index (κ3) is 8.72. The second-order valence-corrected chi connectivity index (χ2v) is 9.76. The summed E-state index contributed by atoms with van der Waals surface area (Å²) in [4.78, 5) is 11.0. The molecule has 1 heterocycles. The Balaban J connectivity index is 0.000000444. The maximum atomic E-state index is 11.0. The van der Waals surface area contributed by atoms with Gasteiger partial charge >= 0.3 is 0 Å². The Hall–Kier alpha value is -3.32. The zero-order valence-electron chi connectivity index (χ0n) is 21.4. The molecule has 0 unspecified atom stereocenters. The van der Waals surface area contributed by atoms with Crippen LogP contribution in [0.3, 0.4) is 0 Å². The zero-order valence-corrected chi connectivity index (χ0v) is 22.3. The van der Waals surface area contributed by atoms with Crippen LogP contribution in [-0.2, 0) is 17.0 Å². The topological polar surface area (TPSA) is 83.0 Å². The highest BCUT2D eigenvalue weighted by atomic mass is 32.2. The van der Waals surface area contributed by atoms with E-state index in [1.807, 2.05) is 24.3 Å². The number of allylic oxidation sites excluding steroid dienone is 4. The molecule has 1 aliphatic rings. The Morgan fingerprint density at radius 1 is 1.08 bits per heavy atom. The van der Waals surface area contributed by atoms with Crippen LogP contribution in [0.25, 0.3) is 5.69 Å². The molecule has 1 amide bonds. The van der Waals surface area contributed by atoms with Crippen molar-refractivity contribution < 1.29 is 9.53 Å². The lowest BCUT2D eigenvalue weighted by molar-refractivity contribution is -0.118. The molecule has 1 aliphatic carbocycles. The lowest BCUT2D eigenvalue weighted by Gasteiger charge is -2.11. The van der Waals surface area contributed by atoms with Gasteiger partial charge in [-0.2, -0.15) is 0 Å². The summed E-state index contributed by atoms with van der Waals surface area (Å²) >= 11 is 1.66.